The van der Waals surface area contributed by atoms with E-state index in [2.05, 4.69) is 47.8 Å². The van der Waals surface area contributed by atoms with E-state index in [1.807, 2.05) is 19.2 Å². The molecular weight excluding hydrogens is 234 g/mol. The van der Waals surface area contributed by atoms with Crippen LogP contribution in [0.3, 0.4) is 0 Å². The van der Waals surface area contributed by atoms with Gasteiger partial charge in [0.05, 0.1) is 12.1 Å². The zero-order valence-electron chi connectivity index (χ0n) is 11.2. The van der Waals surface area contributed by atoms with Crippen molar-refractivity contribution >= 4 is 0 Å². The summed E-state index contributed by atoms with van der Waals surface area (Å²) < 4.78 is 5.87. The number of hydrogen-bond acceptors (Lipinski definition) is 2. The lowest BCUT2D eigenvalue weighted by Gasteiger charge is -2.18. The molecule has 3 rings (SSSR count). The summed E-state index contributed by atoms with van der Waals surface area (Å²) in [6, 6.07) is 19.1. The molecule has 2 aromatic carbocycles. The lowest BCUT2D eigenvalue weighted by atomic mass is 9.99. The lowest BCUT2D eigenvalue weighted by Crippen LogP contribution is -2.17. The van der Waals surface area contributed by atoms with Crippen molar-refractivity contribution in [2.45, 2.75) is 25.0 Å². The van der Waals surface area contributed by atoms with E-state index in [0.717, 1.165) is 5.75 Å². The largest absolute Gasteiger partial charge is 0.490 e. The Bertz CT molecular complexity index is 534. The van der Waals surface area contributed by atoms with E-state index in [1.54, 1.807) is 0 Å². The first kappa shape index (κ1) is 12.2. The molecule has 1 unspecified atom stereocenters. The van der Waals surface area contributed by atoms with Gasteiger partial charge in [-0.3, -0.25) is 0 Å². The predicted molar refractivity (Wildman–Crippen MR) is 77.4 cm³/mol. The van der Waals surface area contributed by atoms with Crippen molar-refractivity contribution in [3.05, 3.63) is 65.7 Å². The highest BCUT2D eigenvalue weighted by atomic mass is 16.5. The molecule has 1 aliphatic carbocycles. The minimum absolute atomic E-state index is 0.212. The first-order valence-electron chi connectivity index (χ1n) is 6.85. The van der Waals surface area contributed by atoms with Gasteiger partial charge in [-0.1, -0.05) is 42.5 Å². The summed E-state index contributed by atoms with van der Waals surface area (Å²) >= 11 is 0. The number of rotatable bonds is 5. The minimum Gasteiger partial charge on any atom is -0.490 e. The average molecular weight is 253 g/mol. The van der Waals surface area contributed by atoms with Gasteiger partial charge in [0.25, 0.3) is 0 Å². The third-order valence-corrected chi connectivity index (χ3v) is 3.44. The van der Waals surface area contributed by atoms with Crippen LogP contribution in [0.5, 0.6) is 5.75 Å². The van der Waals surface area contributed by atoms with E-state index in [1.165, 1.54) is 24.0 Å². The SMILES string of the molecule is CNC(c1ccccc1)c1cccc(OC2CC2)c1. The standard InChI is InChI=1S/C17H19NO/c1-18-17(13-6-3-2-4-7-13)14-8-5-9-16(12-14)19-15-10-11-15/h2-9,12,15,17-18H,10-11H2,1H3. The van der Waals surface area contributed by atoms with Crippen LogP contribution in [0.25, 0.3) is 0 Å². The molecule has 0 heterocycles. The first-order valence-corrected chi connectivity index (χ1v) is 6.85. The monoisotopic (exact) mass is 253 g/mol. The van der Waals surface area contributed by atoms with Crippen molar-refractivity contribution < 1.29 is 4.74 Å². The van der Waals surface area contributed by atoms with Gasteiger partial charge in [-0.05, 0) is 43.1 Å². The summed E-state index contributed by atoms with van der Waals surface area (Å²) in [7, 11) is 1.99. The van der Waals surface area contributed by atoms with Gasteiger partial charge in [0.2, 0.25) is 0 Å². The predicted octanol–water partition coefficient (Wildman–Crippen LogP) is 3.54. The second kappa shape index (κ2) is 5.45. The van der Waals surface area contributed by atoms with E-state index in [-0.39, 0.29) is 6.04 Å². The molecule has 1 atom stereocenters. The maximum atomic E-state index is 5.87. The zero-order valence-corrected chi connectivity index (χ0v) is 11.2. The van der Waals surface area contributed by atoms with Gasteiger partial charge in [0.1, 0.15) is 5.75 Å². The smallest absolute Gasteiger partial charge is 0.120 e. The molecule has 0 amide bonds. The van der Waals surface area contributed by atoms with E-state index in [9.17, 15) is 0 Å². The number of ether oxygens (including phenoxy) is 1. The fourth-order valence-electron chi connectivity index (χ4n) is 2.32. The minimum atomic E-state index is 0.212. The van der Waals surface area contributed by atoms with Crippen molar-refractivity contribution in [3.8, 4) is 5.75 Å². The van der Waals surface area contributed by atoms with E-state index < -0.39 is 0 Å². The van der Waals surface area contributed by atoms with Crippen LogP contribution in [0.2, 0.25) is 0 Å². The molecule has 1 aliphatic rings. The lowest BCUT2D eigenvalue weighted by molar-refractivity contribution is 0.302. The van der Waals surface area contributed by atoms with E-state index in [4.69, 9.17) is 4.74 Å². The Labute approximate surface area is 114 Å². The molecule has 0 radical (unpaired) electrons. The van der Waals surface area contributed by atoms with Crippen molar-refractivity contribution in [1.29, 1.82) is 0 Å². The highest BCUT2D eigenvalue weighted by molar-refractivity contribution is 5.36. The second-order valence-corrected chi connectivity index (χ2v) is 5.02. The van der Waals surface area contributed by atoms with E-state index >= 15 is 0 Å². The summed E-state index contributed by atoms with van der Waals surface area (Å²) in [6.45, 7) is 0. The fraction of sp³-hybridized carbons (Fsp3) is 0.294. The molecule has 2 heteroatoms. The van der Waals surface area contributed by atoms with Crippen molar-refractivity contribution in [3.63, 3.8) is 0 Å². The van der Waals surface area contributed by atoms with Gasteiger partial charge in [-0.2, -0.15) is 0 Å². The topological polar surface area (TPSA) is 21.3 Å². The van der Waals surface area contributed by atoms with Gasteiger partial charge in [-0.15, -0.1) is 0 Å². The molecule has 19 heavy (non-hydrogen) atoms. The maximum absolute atomic E-state index is 5.87. The second-order valence-electron chi connectivity index (χ2n) is 5.02. The highest BCUT2D eigenvalue weighted by Gasteiger charge is 2.23. The molecule has 0 aromatic heterocycles. The van der Waals surface area contributed by atoms with Crippen LogP contribution in [-0.2, 0) is 0 Å². The molecule has 1 fully saturated rings. The number of benzene rings is 2. The summed E-state index contributed by atoms with van der Waals surface area (Å²) in [5.41, 5.74) is 2.51. The highest BCUT2D eigenvalue weighted by Crippen LogP contribution is 2.29. The first-order chi connectivity index (χ1) is 9.36. The Morgan fingerprint density at radius 1 is 1.00 bits per heavy atom. The van der Waals surface area contributed by atoms with Crippen molar-refractivity contribution in [1.82, 2.24) is 5.32 Å². The van der Waals surface area contributed by atoms with Crippen LogP contribution >= 0.6 is 0 Å². The molecule has 98 valence electrons. The number of nitrogens with one attached hydrogen (secondary N) is 1. The van der Waals surface area contributed by atoms with Crippen molar-refractivity contribution in [2.75, 3.05) is 7.05 Å². The van der Waals surface area contributed by atoms with Gasteiger partial charge < -0.3 is 10.1 Å². The Morgan fingerprint density at radius 3 is 2.42 bits per heavy atom. The molecular formula is C17H19NO. The Morgan fingerprint density at radius 2 is 1.74 bits per heavy atom. The van der Waals surface area contributed by atoms with Crippen LogP contribution in [0.15, 0.2) is 54.6 Å². The van der Waals surface area contributed by atoms with Crippen LogP contribution in [-0.4, -0.2) is 13.2 Å². The molecule has 2 aromatic rings. The third kappa shape index (κ3) is 2.96. The molecule has 1 N–H and O–H groups in total. The van der Waals surface area contributed by atoms with Crippen LogP contribution in [0, 0.1) is 0 Å². The molecule has 0 saturated heterocycles. The maximum Gasteiger partial charge on any atom is 0.120 e. The normalized spacial score (nSPS) is 16.1. The van der Waals surface area contributed by atoms with Crippen LogP contribution in [0.4, 0.5) is 0 Å². The quantitative estimate of drug-likeness (QED) is 0.880. The Hall–Kier alpha value is -1.80. The van der Waals surface area contributed by atoms with Gasteiger partial charge in [-0.25, -0.2) is 0 Å². The van der Waals surface area contributed by atoms with Crippen LogP contribution < -0.4 is 10.1 Å². The van der Waals surface area contributed by atoms with Crippen LogP contribution in [0.1, 0.15) is 30.0 Å². The summed E-state index contributed by atoms with van der Waals surface area (Å²) in [5.74, 6) is 0.983. The third-order valence-electron chi connectivity index (χ3n) is 3.44. The zero-order chi connectivity index (χ0) is 13.1. The molecule has 1 saturated carbocycles. The fourth-order valence-corrected chi connectivity index (χ4v) is 2.32. The summed E-state index contributed by atoms with van der Waals surface area (Å²) in [4.78, 5) is 0. The van der Waals surface area contributed by atoms with E-state index in [0.29, 0.717) is 6.10 Å². The van der Waals surface area contributed by atoms with Crippen molar-refractivity contribution in [2.24, 2.45) is 0 Å². The Balaban J connectivity index is 1.86. The summed E-state index contributed by atoms with van der Waals surface area (Å²) in [5, 5.41) is 3.38. The molecule has 0 bridgehead atoms. The number of hydrogen-bond donors (Lipinski definition) is 1. The van der Waals surface area contributed by atoms with Gasteiger partial charge in [0.15, 0.2) is 0 Å². The summed E-state index contributed by atoms with van der Waals surface area (Å²) in [6.07, 6.45) is 2.83. The molecule has 0 spiro atoms. The Kier molecular flexibility index (Phi) is 3.51. The molecule has 0 aliphatic heterocycles. The average Bonchev–Trinajstić information content (AvgIpc) is 3.25. The van der Waals surface area contributed by atoms with Gasteiger partial charge in [0, 0.05) is 0 Å². The van der Waals surface area contributed by atoms with Gasteiger partial charge >= 0.3 is 0 Å². The molecule has 2 nitrogen and oxygen atoms in total.